The summed E-state index contributed by atoms with van der Waals surface area (Å²) in [6.45, 7) is 2.44. The van der Waals surface area contributed by atoms with Gasteiger partial charge in [0.05, 0.1) is 11.9 Å². The lowest BCUT2D eigenvalue weighted by Crippen LogP contribution is -1.95. The molecule has 3 aromatic carbocycles. The third kappa shape index (κ3) is 5.25. The summed E-state index contributed by atoms with van der Waals surface area (Å²) >= 11 is 12.1. The predicted molar refractivity (Wildman–Crippen MR) is 110 cm³/mol. The van der Waals surface area contributed by atoms with Crippen LogP contribution in [0.5, 0.6) is 5.75 Å². The SMILES string of the molecule is Cc1ccc(NN=Cc2ccc(OCc3cccc(Cl)c3)cc2)cc1Cl. The Kier molecular flexibility index (Phi) is 6.16. The number of rotatable bonds is 6. The highest BCUT2D eigenvalue weighted by molar-refractivity contribution is 6.31. The van der Waals surface area contributed by atoms with E-state index in [1.807, 2.05) is 73.7 Å². The second-order valence-electron chi connectivity index (χ2n) is 5.82. The summed E-state index contributed by atoms with van der Waals surface area (Å²) in [7, 11) is 0. The van der Waals surface area contributed by atoms with Crippen LogP contribution < -0.4 is 10.2 Å². The minimum Gasteiger partial charge on any atom is -0.489 e. The van der Waals surface area contributed by atoms with E-state index in [0.29, 0.717) is 16.7 Å². The Bertz CT molecular complexity index is 908. The number of anilines is 1. The highest BCUT2D eigenvalue weighted by Crippen LogP contribution is 2.20. The fraction of sp³-hybridized carbons (Fsp3) is 0.0952. The zero-order chi connectivity index (χ0) is 18.4. The molecule has 0 fully saturated rings. The van der Waals surface area contributed by atoms with Crippen LogP contribution in [0.3, 0.4) is 0 Å². The number of halogens is 2. The first-order chi connectivity index (χ1) is 12.6. The van der Waals surface area contributed by atoms with E-state index in [1.165, 1.54) is 0 Å². The number of hydrogen-bond acceptors (Lipinski definition) is 3. The quantitative estimate of drug-likeness (QED) is 0.398. The molecule has 0 heterocycles. The summed E-state index contributed by atoms with van der Waals surface area (Å²) in [5, 5.41) is 5.65. The van der Waals surface area contributed by atoms with Gasteiger partial charge in [0.25, 0.3) is 0 Å². The lowest BCUT2D eigenvalue weighted by atomic mass is 10.2. The van der Waals surface area contributed by atoms with Gasteiger partial charge in [0, 0.05) is 10.0 Å². The Hall–Kier alpha value is -2.49. The molecule has 0 aromatic heterocycles. The minimum absolute atomic E-state index is 0.476. The molecule has 0 saturated carbocycles. The molecule has 0 aliphatic carbocycles. The summed E-state index contributed by atoms with van der Waals surface area (Å²) < 4.78 is 5.77. The van der Waals surface area contributed by atoms with Crippen molar-refractivity contribution >= 4 is 35.1 Å². The normalized spacial score (nSPS) is 10.9. The van der Waals surface area contributed by atoms with E-state index in [2.05, 4.69) is 10.5 Å². The van der Waals surface area contributed by atoms with E-state index < -0.39 is 0 Å². The summed E-state index contributed by atoms with van der Waals surface area (Å²) in [5.41, 5.74) is 6.85. The van der Waals surface area contributed by atoms with Crippen LogP contribution in [0, 0.1) is 6.92 Å². The topological polar surface area (TPSA) is 33.6 Å². The van der Waals surface area contributed by atoms with E-state index >= 15 is 0 Å². The molecule has 0 amide bonds. The standard InChI is InChI=1S/C21H18Cl2N2O/c1-15-5-8-19(12-21(15)23)25-24-13-16-6-9-20(10-7-16)26-14-17-3-2-4-18(22)11-17/h2-13,25H,14H2,1H3. The Morgan fingerprint density at radius 1 is 1.00 bits per heavy atom. The summed E-state index contributed by atoms with van der Waals surface area (Å²) in [6.07, 6.45) is 1.74. The van der Waals surface area contributed by atoms with Crippen LogP contribution in [0.4, 0.5) is 5.69 Å². The van der Waals surface area contributed by atoms with Crippen molar-refractivity contribution in [2.75, 3.05) is 5.43 Å². The van der Waals surface area contributed by atoms with Gasteiger partial charge in [-0.05, 0) is 72.1 Å². The Morgan fingerprint density at radius 2 is 1.81 bits per heavy atom. The maximum atomic E-state index is 6.10. The van der Waals surface area contributed by atoms with Crippen molar-refractivity contribution in [1.82, 2.24) is 0 Å². The number of hydrogen-bond donors (Lipinski definition) is 1. The summed E-state index contributed by atoms with van der Waals surface area (Å²) in [5.74, 6) is 0.792. The van der Waals surface area contributed by atoms with E-state index in [4.69, 9.17) is 27.9 Å². The number of hydrazone groups is 1. The molecule has 26 heavy (non-hydrogen) atoms. The molecule has 0 saturated heterocycles. The highest BCUT2D eigenvalue weighted by atomic mass is 35.5. The maximum Gasteiger partial charge on any atom is 0.119 e. The average Bonchev–Trinajstić information content (AvgIpc) is 2.64. The van der Waals surface area contributed by atoms with Crippen molar-refractivity contribution in [3.63, 3.8) is 0 Å². The van der Waals surface area contributed by atoms with E-state index in [0.717, 1.165) is 28.1 Å². The van der Waals surface area contributed by atoms with Gasteiger partial charge in [-0.25, -0.2) is 0 Å². The zero-order valence-corrected chi connectivity index (χ0v) is 15.8. The van der Waals surface area contributed by atoms with Crippen molar-refractivity contribution in [2.24, 2.45) is 5.10 Å². The van der Waals surface area contributed by atoms with Crippen LogP contribution >= 0.6 is 23.2 Å². The molecule has 0 aliphatic heterocycles. The van der Waals surface area contributed by atoms with Gasteiger partial charge in [0.2, 0.25) is 0 Å². The van der Waals surface area contributed by atoms with Crippen LogP contribution in [0.25, 0.3) is 0 Å². The molecule has 0 aliphatic rings. The number of ether oxygens (including phenoxy) is 1. The highest BCUT2D eigenvalue weighted by Gasteiger charge is 1.98. The molecular weight excluding hydrogens is 367 g/mol. The minimum atomic E-state index is 0.476. The summed E-state index contributed by atoms with van der Waals surface area (Å²) in [4.78, 5) is 0. The lowest BCUT2D eigenvalue weighted by Gasteiger charge is -2.07. The van der Waals surface area contributed by atoms with Crippen LogP contribution in [0.1, 0.15) is 16.7 Å². The summed E-state index contributed by atoms with van der Waals surface area (Å²) in [6, 6.07) is 21.1. The van der Waals surface area contributed by atoms with Crippen molar-refractivity contribution in [3.8, 4) is 5.75 Å². The van der Waals surface area contributed by atoms with Crippen LogP contribution in [-0.4, -0.2) is 6.21 Å². The van der Waals surface area contributed by atoms with Gasteiger partial charge in [-0.15, -0.1) is 0 Å². The Morgan fingerprint density at radius 3 is 2.54 bits per heavy atom. The largest absolute Gasteiger partial charge is 0.489 e. The molecule has 5 heteroatoms. The second kappa shape index (κ2) is 8.75. The molecule has 3 rings (SSSR count). The average molecular weight is 385 g/mol. The number of nitrogens with zero attached hydrogens (tertiary/aromatic N) is 1. The third-order valence-corrected chi connectivity index (χ3v) is 4.40. The molecule has 132 valence electrons. The Balaban J connectivity index is 1.54. The number of aryl methyl sites for hydroxylation is 1. The molecule has 0 radical (unpaired) electrons. The van der Waals surface area contributed by atoms with Crippen molar-refractivity contribution in [2.45, 2.75) is 13.5 Å². The first kappa shape index (κ1) is 18.3. The molecule has 3 nitrogen and oxygen atoms in total. The van der Waals surface area contributed by atoms with Gasteiger partial charge >= 0.3 is 0 Å². The zero-order valence-electron chi connectivity index (χ0n) is 14.2. The fourth-order valence-electron chi connectivity index (χ4n) is 2.29. The number of benzene rings is 3. The molecule has 0 bridgehead atoms. The van der Waals surface area contributed by atoms with Gasteiger partial charge in [-0.2, -0.15) is 5.10 Å². The van der Waals surface area contributed by atoms with Crippen molar-refractivity contribution in [1.29, 1.82) is 0 Å². The second-order valence-corrected chi connectivity index (χ2v) is 6.67. The molecule has 0 atom stereocenters. The monoisotopic (exact) mass is 384 g/mol. The predicted octanol–water partition coefficient (Wildman–Crippen LogP) is 6.33. The van der Waals surface area contributed by atoms with Crippen molar-refractivity contribution in [3.05, 3.63) is 93.5 Å². The van der Waals surface area contributed by atoms with E-state index in [1.54, 1.807) is 6.21 Å². The molecule has 3 aromatic rings. The van der Waals surface area contributed by atoms with E-state index in [9.17, 15) is 0 Å². The van der Waals surface area contributed by atoms with Gasteiger partial charge in [0.15, 0.2) is 0 Å². The maximum absolute atomic E-state index is 6.10. The van der Waals surface area contributed by atoms with Gasteiger partial charge in [-0.1, -0.05) is 41.4 Å². The molecular formula is C21H18Cl2N2O. The van der Waals surface area contributed by atoms with Crippen molar-refractivity contribution < 1.29 is 4.74 Å². The van der Waals surface area contributed by atoms with Gasteiger partial charge in [-0.3, -0.25) is 5.43 Å². The first-order valence-corrected chi connectivity index (χ1v) is 8.88. The third-order valence-electron chi connectivity index (χ3n) is 3.75. The molecule has 0 spiro atoms. The van der Waals surface area contributed by atoms with Crippen LogP contribution in [0.15, 0.2) is 71.8 Å². The van der Waals surface area contributed by atoms with Gasteiger partial charge in [0.1, 0.15) is 12.4 Å². The Labute approximate surface area is 163 Å². The van der Waals surface area contributed by atoms with Gasteiger partial charge < -0.3 is 4.74 Å². The number of nitrogens with one attached hydrogen (secondary N) is 1. The lowest BCUT2D eigenvalue weighted by molar-refractivity contribution is 0.306. The first-order valence-electron chi connectivity index (χ1n) is 8.13. The molecule has 1 N–H and O–H groups in total. The molecule has 0 unspecified atom stereocenters. The smallest absolute Gasteiger partial charge is 0.119 e. The fourth-order valence-corrected chi connectivity index (χ4v) is 2.68. The van der Waals surface area contributed by atoms with Crippen LogP contribution in [0.2, 0.25) is 10.0 Å². The van der Waals surface area contributed by atoms with Crippen LogP contribution in [-0.2, 0) is 6.61 Å². The van der Waals surface area contributed by atoms with E-state index in [-0.39, 0.29) is 0 Å².